The van der Waals surface area contributed by atoms with Crippen molar-refractivity contribution in [3.63, 3.8) is 0 Å². The van der Waals surface area contributed by atoms with Crippen molar-refractivity contribution in [2.24, 2.45) is 10.9 Å². The maximum absolute atomic E-state index is 9.63. The highest BCUT2D eigenvalue weighted by Crippen LogP contribution is 2.14. The van der Waals surface area contributed by atoms with E-state index in [-0.39, 0.29) is 6.10 Å². The van der Waals surface area contributed by atoms with E-state index in [4.69, 9.17) is 9.47 Å². The second kappa shape index (κ2) is 12.9. The lowest BCUT2D eigenvalue weighted by atomic mass is 10.1. The van der Waals surface area contributed by atoms with Crippen LogP contribution in [0.5, 0.6) is 0 Å². The third-order valence-corrected chi connectivity index (χ3v) is 5.81. The van der Waals surface area contributed by atoms with Gasteiger partial charge in [0.2, 0.25) is 0 Å². The van der Waals surface area contributed by atoms with Crippen LogP contribution in [-0.4, -0.2) is 75.2 Å². The number of nitrogens with zero attached hydrogens (tertiary/aromatic N) is 2. The van der Waals surface area contributed by atoms with Gasteiger partial charge in [-0.1, -0.05) is 24.3 Å². The van der Waals surface area contributed by atoms with E-state index in [0.717, 1.165) is 90.8 Å². The number of guanidine groups is 1. The first-order valence-corrected chi connectivity index (χ1v) is 11.3. The SMILES string of the molecule is CN=C(NCCCOCC1CCOC1)NCc1ccc(CN2CCC(O)CC2)cc1. The summed E-state index contributed by atoms with van der Waals surface area (Å²) < 4.78 is 11.1. The molecule has 1 aromatic carbocycles. The van der Waals surface area contributed by atoms with Crippen molar-refractivity contribution in [2.45, 2.75) is 44.9 Å². The molecule has 2 aliphatic heterocycles. The van der Waals surface area contributed by atoms with Crippen molar-refractivity contribution < 1.29 is 14.6 Å². The van der Waals surface area contributed by atoms with Gasteiger partial charge >= 0.3 is 0 Å². The molecule has 2 fully saturated rings. The predicted molar refractivity (Wildman–Crippen MR) is 120 cm³/mol. The zero-order valence-corrected chi connectivity index (χ0v) is 18.3. The molecule has 1 atom stereocenters. The number of nitrogens with one attached hydrogen (secondary N) is 2. The fraction of sp³-hybridized carbons (Fsp3) is 0.696. The molecule has 7 nitrogen and oxygen atoms in total. The Bertz CT molecular complexity index is 624. The van der Waals surface area contributed by atoms with Gasteiger partial charge in [0.25, 0.3) is 0 Å². The molecule has 1 aromatic rings. The monoisotopic (exact) mass is 418 g/mol. The average molecular weight is 419 g/mol. The van der Waals surface area contributed by atoms with E-state index < -0.39 is 0 Å². The standard InChI is InChI=1S/C23H38N4O3/c1-24-23(25-10-2-13-29-17-21-9-14-30-18-21)26-15-19-3-5-20(6-4-19)16-27-11-7-22(28)8-12-27/h3-6,21-22,28H,2,7-18H2,1H3,(H2,24,25,26). The molecule has 2 saturated heterocycles. The molecule has 0 aromatic heterocycles. The van der Waals surface area contributed by atoms with Crippen molar-refractivity contribution in [2.75, 3.05) is 53.1 Å². The van der Waals surface area contributed by atoms with Gasteiger partial charge < -0.3 is 25.2 Å². The molecular formula is C23H38N4O3. The van der Waals surface area contributed by atoms with Gasteiger partial charge in [-0.3, -0.25) is 9.89 Å². The van der Waals surface area contributed by atoms with Crippen molar-refractivity contribution in [1.29, 1.82) is 0 Å². The van der Waals surface area contributed by atoms with E-state index in [0.29, 0.717) is 5.92 Å². The van der Waals surface area contributed by atoms with Crippen LogP contribution in [0.4, 0.5) is 0 Å². The Morgan fingerprint density at radius 1 is 1.17 bits per heavy atom. The number of aliphatic hydroxyl groups is 1. The number of hydrogen-bond donors (Lipinski definition) is 3. The summed E-state index contributed by atoms with van der Waals surface area (Å²) in [5, 5.41) is 16.3. The van der Waals surface area contributed by atoms with Gasteiger partial charge in [0.15, 0.2) is 5.96 Å². The average Bonchev–Trinajstić information content (AvgIpc) is 3.29. The quantitative estimate of drug-likeness (QED) is 0.305. The second-order valence-corrected chi connectivity index (χ2v) is 8.33. The third-order valence-electron chi connectivity index (χ3n) is 5.81. The molecule has 3 N–H and O–H groups in total. The zero-order valence-electron chi connectivity index (χ0n) is 18.3. The molecule has 0 bridgehead atoms. The van der Waals surface area contributed by atoms with Crippen molar-refractivity contribution in [3.8, 4) is 0 Å². The summed E-state index contributed by atoms with van der Waals surface area (Å²) in [6.45, 7) is 7.79. The maximum Gasteiger partial charge on any atom is 0.191 e. The molecule has 7 heteroatoms. The van der Waals surface area contributed by atoms with E-state index in [9.17, 15) is 5.11 Å². The third kappa shape index (κ3) is 8.22. The van der Waals surface area contributed by atoms with E-state index in [1.54, 1.807) is 7.05 Å². The molecule has 168 valence electrons. The Kier molecular flexibility index (Phi) is 9.89. The van der Waals surface area contributed by atoms with Gasteiger partial charge in [-0.05, 0) is 36.8 Å². The van der Waals surface area contributed by atoms with Crippen LogP contribution >= 0.6 is 0 Å². The summed E-state index contributed by atoms with van der Waals surface area (Å²) >= 11 is 0. The molecular weight excluding hydrogens is 380 g/mol. The van der Waals surface area contributed by atoms with Crippen LogP contribution in [0.2, 0.25) is 0 Å². The second-order valence-electron chi connectivity index (χ2n) is 8.33. The number of benzene rings is 1. The summed E-state index contributed by atoms with van der Waals surface area (Å²) in [6.07, 6.45) is 3.73. The highest BCUT2D eigenvalue weighted by atomic mass is 16.5. The first-order chi connectivity index (χ1) is 14.7. The van der Waals surface area contributed by atoms with Crippen molar-refractivity contribution in [3.05, 3.63) is 35.4 Å². The number of aliphatic imine (C=N–C) groups is 1. The Morgan fingerprint density at radius 3 is 2.63 bits per heavy atom. The molecule has 0 radical (unpaired) electrons. The van der Waals surface area contributed by atoms with Crippen LogP contribution in [0.3, 0.4) is 0 Å². The molecule has 0 aliphatic carbocycles. The molecule has 1 unspecified atom stereocenters. The van der Waals surface area contributed by atoms with Gasteiger partial charge in [-0.15, -0.1) is 0 Å². The van der Waals surface area contributed by atoms with E-state index >= 15 is 0 Å². The van der Waals surface area contributed by atoms with Crippen molar-refractivity contribution in [1.82, 2.24) is 15.5 Å². The number of hydrogen-bond acceptors (Lipinski definition) is 5. The van der Waals surface area contributed by atoms with E-state index in [1.165, 1.54) is 11.1 Å². The van der Waals surface area contributed by atoms with Gasteiger partial charge in [-0.25, -0.2) is 0 Å². The fourth-order valence-electron chi connectivity index (χ4n) is 3.85. The zero-order chi connectivity index (χ0) is 21.0. The van der Waals surface area contributed by atoms with Crippen LogP contribution < -0.4 is 10.6 Å². The Hall–Kier alpha value is -1.67. The number of piperidine rings is 1. The van der Waals surface area contributed by atoms with Gasteiger partial charge in [0, 0.05) is 58.9 Å². The maximum atomic E-state index is 9.63. The summed E-state index contributed by atoms with van der Waals surface area (Å²) in [5.74, 6) is 1.39. The number of aliphatic hydroxyl groups excluding tert-OH is 1. The summed E-state index contributed by atoms with van der Waals surface area (Å²) in [4.78, 5) is 6.71. The van der Waals surface area contributed by atoms with Crippen LogP contribution in [0.25, 0.3) is 0 Å². The fourth-order valence-corrected chi connectivity index (χ4v) is 3.85. The summed E-state index contributed by atoms with van der Waals surface area (Å²) in [5.41, 5.74) is 2.56. The molecule has 0 spiro atoms. The van der Waals surface area contributed by atoms with Gasteiger partial charge in [0.1, 0.15) is 0 Å². The van der Waals surface area contributed by atoms with Crippen LogP contribution in [0, 0.1) is 5.92 Å². The van der Waals surface area contributed by atoms with E-state index in [1.807, 2.05) is 0 Å². The van der Waals surface area contributed by atoms with Gasteiger partial charge in [0.05, 0.1) is 19.3 Å². The summed E-state index contributed by atoms with van der Waals surface area (Å²) in [6, 6.07) is 8.75. The lowest BCUT2D eigenvalue weighted by Gasteiger charge is -2.29. The lowest BCUT2D eigenvalue weighted by Crippen LogP contribution is -2.37. The van der Waals surface area contributed by atoms with Crippen molar-refractivity contribution >= 4 is 5.96 Å². The number of rotatable bonds is 10. The first-order valence-electron chi connectivity index (χ1n) is 11.3. The number of ether oxygens (including phenoxy) is 2. The Morgan fingerprint density at radius 2 is 1.93 bits per heavy atom. The minimum Gasteiger partial charge on any atom is -0.393 e. The minimum absolute atomic E-state index is 0.114. The van der Waals surface area contributed by atoms with Crippen LogP contribution in [-0.2, 0) is 22.6 Å². The highest BCUT2D eigenvalue weighted by Gasteiger charge is 2.17. The first kappa shape index (κ1) is 23.0. The molecule has 2 aliphatic rings. The largest absolute Gasteiger partial charge is 0.393 e. The number of likely N-dealkylation sites (tertiary alicyclic amines) is 1. The minimum atomic E-state index is -0.114. The Labute approximate surface area is 180 Å². The lowest BCUT2D eigenvalue weighted by molar-refractivity contribution is 0.0792. The van der Waals surface area contributed by atoms with Crippen LogP contribution in [0.15, 0.2) is 29.3 Å². The topological polar surface area (TPSA) is 78.4 Å². The van der Waals surface area contributed by atoms with E-state index in [2.05, 4.69) is 44.8 Å². The molecule has 30 heavy (non-hydrogen) atoms. The molecule has 2 heterocycles. The Balaban J connectivity index is 1.27. The van der Waals surface area contributed by atoms with Gasteiger partial charge in [-0.2, -0.15) is 0 Å². The molecule has 0 saturated carbocycles. The highest BCUT2D eigenvalue weighted by molar-refractivity contribution is 5.79. The summed E-state index contributed by atoms with van der Waals surface area (Å²) in [7, 11) is 1.80. The normalized spacial score (nSPS) is 21.1. The molecule has 0 amide bonds. The predicted octanol–water partition coefficient (Wildman–Crippen LogP) is 1.75. The molecule has 3 rings (SSSR count). The smallest absolute Gasteiger partial charge is 0.191 e. The van der Waals surface area contributed by atoms with Crippen LogP contribution in [0.1, 0.15) is 36.8 Å².